The lowest BCUT2D eigenvalue weighted by Gasteiger charge is -2.18. The van der Waals surface area contributed by atoms with Crippen molar-refractivity contribution in [3.05, 3.63) is 47.8 Å². The molecule has 1 saturated heterocycles. The van der Waals surface area contributed by atoms with Crippen LogP contribution in [0, 0.1) is 0 Å². The summed E-state index contributed by atoms with van der Waals surface area (Å²) in [5.41, 5.74) is 6.57. The minimum Gasteiger partial charge on any atom is -0.364 e. The summed E-state index contributed by atoms with van der Waals surface area (Å²) in [7, 11) is 0. The third kappa shape index (κ3) is 3.24. The van der Waals surface area contributed by atoms with E-state index in [2.05, 4.69) is 10.4 Å². The van der Waals surface area contributed by atoms with Crippen LogP contribution in [0.3, 0.4) is 0 Å². The van der Waals surface area contributed by atoms with Crippen LogP contribution in [-0.4, -0.2) is 52.7 Å². The Morgan fingerprint density at radius 2 is 1.91 bits per heavy atom. The fraction of sp³-hybridized carbons (Fsp3) is 0.312. The lowest BCUT2D eigenvalue weighted by atomic mass is 10.3. The van der Waals surface area contributed by atoms with Crippen molar-refractivity contribution in [1.29, 1.82) is 0 Å². The molecular weight excluding hydrogens is 294 g/mol. The number of carbonyl (C=O) groups is 2. The average Bonchev–Trinajstić information content (AvgIpc) is 2.84. The molecule has 0 saturated carbocycles. The molecule has 0 radical (unpaired) electrons. The van der Waals surface area contributed by atoms with Crippen LogP contribution in [0.25, 0.3) is 5.69 Å². The molecule has 2 amide bonds. The Hall–Kier alpha value is -2.67. The van der Waals surface area contributed by atoms with Gasteiger partial charge in [0.2, 0.25) is 0 Å². The fourth-order valence-corrected chi connectivity index (χ4v) is 2.64. The first-order valence-corrected chi connectivity index (χ1v) is 7.62. The Labute approximate surface area is 134 Å². The monoisotopic (exact) mass is 313 g/mol. The molecular formula is C16H19N5O2. The number of hydrogen-bond donors (Lipinski definition) is 2. The molecule has 7 nitrogen and oxygen atoms in total. The zero-order valence-electron chi connectivity index (χ0n) is 12.7. The number of nitrogens with zero attached hydrogens (tertiary/aromatic N) is 3. The van der Waals surface area contributed by atoms with E-state index in [9.17, 15) is 9.59 Å². The van der Waals surface area contributed by atoms with Crippen molar-refractivity contribution in [1.82, 2.24) is 20.0 Å². The molecule has 1 aromatic carbocycles. The molecule has 3 rings (SSSR count). The minimum absolute atomic E-state index is 0.175. The van der Waals surface area contributed by atoms with E-state index in [1.54, 1.807) is 4.90 Å². The second-order valence-electron chi connectivity index (χ2n) is 5.42. The highest BCUT2D eigenvalue weighted by molar-refractivity contribution is 5.97. The van der Waals surface area contributed by atoms with E-state index in [4.69, 9.17) is 5.73 Å². The number of aromatic nitrogens is 2. The lowest BCUT2D eigenvalue weighted by Crippen LogP contribution is -2.34. The summed E-state index contributed by atoms with van der Waals surface area (Å²) in [6.07, 6.45) is 0.897. The predicted molar refractivity (Wildman–Crippen MR) is 85.5 cm³/mol. The Kier molecular flexibility index (Phi) is 4.38. The highest BCUT2D eigenvalue weighted by Gasteiger charge is 2.23. The normalized spacial score (nSPS) is 15.2. The molecule has 1 aliphatic rings. The molecule has 2 heterocycles. The van der Waals surface area contributed by atoms with Gasteiger partial charge in [-0.2, -0.15) is 5.10 Å². The van der Waals surface area contributed by atoms with Crippen LogP contribution in [0.1, 0.15) is 27.4 Å². The van der Waals surface area contributed by atoms with Gasteiger partial charge in [-0.25, -0.2) is 4.68 Å². The first-order valence-electron chi connectivity index (χ1n) is 7.62. The van der Waals surface area contributed by atoms with Crippen molar-refractivity contribution in [2.45, 2.75) is 6.42 Å². The van der Waals surface area contributed by atoms with Gasteiger partial charge in [0.05, 0.1) is 5.69 Å². The van der Waals surface area contributed by atoms with Gasteiger partial charge >= 0.3 is 0 Å². The molecule has 1 aliphatic heterocycles. The van der Waals surface area contributed by atoms with Gasteiger partial charge < -0.3 is 16.0 Å². The van der Waals surface area contributed by atoms with Crippen molar-refractivity contribution >= 4 is 11.8 Å². The third-order valence-corrected chi connectivity index (χ3v) is 3.81. The quantitative estimate of drug-likeness (QED) is 0.858. The maximum Gasteiger partial charge on any atom is 0.274 e. The Morgan fingerprint density at radius 1 is 1.13 bits per heavy atom. The van der Waals surface area contributed by atoms with Crippen molar-refractivity contribution in [3.63, 3.8) is 0 Å². The smallest absolute Gasteiger partial charge is 0.274 e. The van der Waals surface area contributed by atoms with Crippen LogP contribution >= 0.6 is 0 Å². The van der Waals surface area contributed by atoms with Gasteiger partial charge in [-0.05, 0) is 25.1 Å². The summed E-state index contributed by atoms with van der Waals surface area (Å²) < 4.78 is 1.42. The Bertz CT molecular complexity index is 703. The van der Waals surface area contributed by atoms with Gasteiger partial charge in [0, 0.05) is 25.7 Å². The molecule has 1 fully saturated rings. The van der Waals surface area contributed by atoms with Gasteiger partial charge in [0.1, 0.15) is 5.69 Å². The molecule has 0 bridgehead atoms. The Balaban J connectivity index is 1.94. The lowest BCUT2D eigenvalue weighted by molar-refractivity contribution is 0.0760. The van der Waals surface area contributed by atoms with Crippen LogP contribution in [0.15, 0.2) is 36.4 Å². The fourth-order valence-electron chi connectivity index (χ4n) is 2.64. The van der Waals surface area contributed by atoms with Crippen molar-refractivity contribution < 1.29 is 9.59 Å². The van der Waals surface area contributed by atoms with Crippen molar-refractivity contribution in [2.24, 2.45) is 5.73 Å². The molecule has 0 spiro atoms. The second kappa shape index (κ2) is 6.62. The van der Waals surface area contributed by atoms with E-state index >= 15 is 0 Å². The zero-order valence-corrected chi connectivity index (χ0v) is 12.7. The van der Waals surface area contributed by atoms with E-state index in [1.165, 1.54) is 10.7 Å². The largest absolute Gasteiger partial charge is 0.364 e. The molecule has 23 heavy (non-hydrogen) atoms. The second-order valence-corrected chi connectivity index (χ2v) is 5.42. The molecule has 0 aliphatic carbocycles. The maximum absolute atomic E-state index is 12.6. The highest BCUT2D eigenvalue weighted by atomic mass is 16.2. The number of nitrogens with two attached hydrogens (primary N) is 1. The molecule has 1 aromatic heterocycles. The first-order chi connectivity index (χ1) is 11.2. The topological polar surface area (TPSA) is 93.2 Å². The summed E-state index contributed by atoms with van der Waals surface area (Å²) in [5.74, 6) is -0.788. The number of carbonyl (C=O) groups excluding carboxylic acids is 2. The number of amides is 2. The number of para-hydroxylation sites is 1. The summed E-state index contributed by atoms with van der Waals surface area (Å²) >= 11 is 0. The molecule has 0 unspecified atom stereocenters. The first kappa shape index (κ1) is 15.2. The number of primary amides is 1. The maximum atomic E-state index is 12.6. The molecule has 2 aromatic rings. The number of nitrogens with one attached hydrogen (secondary N) is 1. The van der Waals surface area contributed by atoms with Crippen molar-refractivity contribution in [2.75, 3.05) is 26.2 Å². The summed E-state index contributed by atoms with van der Waals surface area (Å²) in [5, 5.41) is 7.56. The van der Waals surface area contributed by atoms with Crippen LogP contribution in [-0.2, 0) is 0 Å². The van der Waals surface area contributed by atoms with E-state index in [-0.39, 0.29) is 17.3 Å². The minimum atomic E-state index is -0.613. The zero-order chi connectivity index (χ0) is 16.2. The van der Waals surface area contributed by atoms with E-state index < -0.39 is 5.91 Å². The molecule has 7 heteroatoms. The summed E-state index contributed by atoms with van der Waals surface area (Å²) in [4.78, 5) is 26.1. The SMILES string of the molecule is NC(=O)c1cc(C(=O)N2CCCNCC2)nn1-c1ccccc1. The van der Waals surface area contributed by atoms with Gasteiger partial charge in [-0.3, -0.25) is 9.59 Å². The highest BCUT2D eigenvalue weighted by Crippen LogP contribution is 2.14. The Morgan fingerprint density at radius 3 is 2.65 bits per heavy atom. The van der Waals surface area contributed by atoms with Gasteiger partial charge in [-0.1, -0.05) is 18.2 Å². The molecule has 0 atom stereocenters. The predicted octanol–water partition coefficient (Wildman–Crippen LogP) is 0.407. The number of rotatable bonds is 3. The summed E-state index contributed by atoms with van der Waals surface area (Å²) in [6.45, 7) is 2.96. The van der Waals surface area contributed by atoms with Crippen LogP contribution in [0.5, 0.6) is 0 Å². The number of benzene rings is 1. The van der Waals surface area contributed by atoms with E-state index in [0.717, 1.165) is 19.5 Å². The summed E-state index contributed by atoms with van der Waals surface area (Å²) in [6, 6.07) is 10.6. The van der Waals surface area contributed by atoms with Gasteiger partial charge in [0.25, 0.3) is 11.8 Å². The van der Waals surface area contributed by atoms with Crippen LogP contribution < -0.4 is 11.1 Å². The average molecular weight is 313 g/mol. The molecule has 120 valence electrons. The van der Waals surface area contributed by atoms with Gasteiger partial charge in [-0.15, -0.1) is 0 Å². The van der Waals surface area contributed by atoms with E-state index in [1.807, 2.05) is 30.3 Å². The molecule has 3 N–H and O–H groups in total. The van der Waals surface area contributed by atoms with Crippen LogP contribution in [0.4, 0.5) is 0 Å². The van der Waals surface area contributed by atoms with Crippen molar-refractivity contribution in [3.8, 4) is 5.69 Å². The van der Waals surface area contributed by atoms with E-state index in [0.29, 0.717) is 18.8 Å². The van der Waals surface area contributed by atoms with Crippen LogP contribution in [0.2, 0.25) is 0 Å². The third-order valence-electron chi connectivity index (χ3n) is 3.81. The standard InChI is InChI=1S/C16H19N5O2/c17-15(22)14-11-13(16(23)20-9-4-7-18-8-10-20)19-21(14)12-5-2-1-3-6-12/h1-3,5-6,11,18H,4,7-10H2,(H2,17,22). The number of hydrogen-bond acceptors (Lipinski definition) is 4. The van der Waals surface area contributed by atoms with Gasteiger partial charge in [0.15, 0.2) is 5.69 Å².